The van der Waals surface area contributed by atoms with E-state index < -0.39 is 0 Å². The van der Waals surface area contributed by atoms with Crippen molar-refractivity contribution in [3.05, 3.63) is 41.8 Å². The smallest absolute Gasteiger partial charge is 0.224 e. The maximum absolute atomic E-state index is 12.6. The SMILES string of the molecule is Cc1nc(CNC(=O)[C@@H]2CCCN(C3CCN(Cc4cccnc4)CC3)C2)no1. The van der Waals surface area contributed by atoms with E-state index >= 15 is 0 Å². The van der Waals surface area contributed by atoms with Crippen molar-refractivity contribution >= 4 is 5.91 Å². The first-order valence-corrected chi connectivity index (χ1v) is 10.6. The molecule has 2 saturated heterocycles. The van der Waals surface area contributed by atoms with Crippen LogP contribution >= 0.6 is 0 Å². The average Bonchev–Trinajstić information content (AvgIpc) is 3.18. The molecule has 1 amide bonds. The summed E-state index contributed by atoms with van der Waals surface area (Å²) in [6.45, 7) is 7.21. The number of carbonyl (C=O) groups is 1. The second-order valence-corrected chi connectivity index (χ2v) is 8.15. The molecule has 2 aromatic rings. The molecular formula is C21H30N6O2. The van der Waals surface area contributed by atoms with Crippen molar-refractivity contribution in [1.82, 2.24) is 30.2 Å². The van der Waals surface area contributed by atoms with Crippen LogP contribution in [0.5, 0.6) is 0 Å². The van der Waals surface area contributed by atoms with Crippen LogP contribution in [0, 0.1) is 12.8 Å². The molecule has 2 aliphatic rings. The largest absolute Gasteiger partial charge is 0.348 e. The molecule has 2 fully saturated rings. The molecule has 8 heteroatoms. The number of hydrogen-bond acceptors (Lipinski definition) is 7. The summed E-state index contributed by atoms with van der Waals surface area (Å²) in [5, 5.41) is 6.81. The predicted octanol–water partition coefficient (Wildman–Crippen LogP) is 1.77. The van der Waals surface area contributed by atoms with Gasteiger partial charge in [-0.05, 0) is 56.9 Å². The van der Waals surface area contributed by atoms with Crippen LogP contribution in [-0.4, -0.2) is 63.1 Å². The standard InChI is InChI=1S/C21H30N6O2/c1-16-24-20(25-29-16)13-23-21(28)18-5-3-9-27(15-18)19-6-10-26(11-7-19)14-17-4-2-8-22-12-17/h2,4,8,12,18-19H,3,5-7,9-11,13-15H2,1H3,(H,23,28)/t18-/m1/s1. The van der Waals surface area contributed by atoms with Gasteiger partial charge in [0.25, 0.3) is 0 Å². The summed E-state index contributed by atoms with van der Waals surface area (Å²) < 4.78 is 4.96. The minimum absolute atomic E-state index is 0.0465. The van der Waals surface area contributed by atoms with Crippen LogP contribution in [0.25, 0.3) is 0 Å². The monoisotopic (exact) mass is 398 g/mol. The minimum atomic E-state index is 0.0465. The second-order valence-electron chi connectivity index (χ2n) is 8.15. The number of pyridine rings is 1. The quantitative estimate of drug-likeness (QED) is 0.793. The molecule has 0 saturated carbocycles. The van der Waals surface area contributed by atoms with E-state index in [2.05, 4.69) is 36.3 Å². The molecule has 0 aliphatic carbocycles. The van der Waals surface area contributed by atoms with Crippen LogP contribution < -0.4 is 5.32 Å². The summed E-state index contributed by atoms with van der Waals surface area (Å²) in [5.41, 5.74) is 1.28. The highest BCUT2D eigenvalue weighted by Gasteiger charge is 2.31. The number of hydrogen-bond donors (Lipinski definition) is 1. The fourth-order valence-electron chi connectivity index (χ4n) is 4.47. The highest BCUT2D eigenvalue weighted by molar-refractivity contribution is 5.78. The van der Waals surface area contributed by atoms with Gasteiger partial charge >= 0.3 is 0 Å². The lowest BCUT2D eigenvalue weighted by Crippen LogP contribution is -2.50. The number of nitrogens with zero attached hydrogens (tertiary/aromatic N) is 5. The van der Waals surface area contributed by atoms with Crippen LogP contribution in [0.2, 0.25) is 0 Å². The number of rotatable bonds is 6. The van der Waals surface area contributed by atoms with Gasteiger partial charge in [-0.1, -0.05) is 11.2 Å². The fraction of sp³-hybridized carbons (Fsp3) is 0.619. The molecule has 0 spiro atoms. The Morgan fingerprint density at radius 1 is 1.28 bits per heavy atom. The minimum Gasteiger partial charge on any atom is -0.348 e. The number of likely N-dealkylation sites (tertiary alicyclic amines) is 2. The lowest BCUT2D eigenvalue weighted by atomic mass is 9.93. The summed E-state index contributed by atoms with van der Waals surface area (Å²) in [6, 6.07) is 4.72. The first-order valence-electron chi connectivity index (χ1n) is 10.6. The van der Waals surface area contributed by atoms with Crippen molar-refractivity contribution in [2.24, 2.45) is 5.92 Å². The highest BCUT2D eigenvalue weighted by atomic mass is 16.5. The number of piperidine rings is 2. The van der Waals surface area contributed by atoms with Crippen molar-refractivity contribution in [2.45, 2.75) is 51.7 Å². The Labute approximate surface area is 171 Å². The summed E-state index contributed by atoms with van der Waals surface area (Å²) in [4.78, 5) is 26.0. The molecule has 4 rings (SSSR count). The molecule has 0 radical (unpaired) electrons. The third-order valence-corrected chi connectivity index (χ3v) is 6.02. The maximum Gasteiger partial charge on any atom is 0.224 e. The molecule has 2 aromatic heterocycles. The Morgan fingerprint density at radius 2 is 2.14 bits per heavy atom. The van der Waals surface area contributed by atoms with E-state index in [4.69, 9.17) is 4.52 Å². The lowest BCUT2D eigenvalue weighted by molar-refractivity contribution is -0.127. The van der Waals surface area contributed by atoms with Gasteiger partial charge in [0.15, 0.2) is 5.82 Å². The second kappa shape index (κ2) is 9.45. The number of amides is 1. The molecule has 29 heavy (non-hydrogen) atoms. The zero-order chi connectivity index (χ0) is 20.1. The summed E-state index contributed by atoms with van der Waals surface area (Å²) in [6.07, 6.45) is 8.13. The van der Waals surface area contributed by atoms with Crippen molar-refractivity contribution < 1.29 is 9.32 Å². The van der Waals surface area contributed by atoms with Crippen molar-refractivity contribution in [2.75, 3.05) is 26.2 Å². The maximum atomic E-state index is 12.6. The van der Waals surface area contributed by atoms with Gasteiger partial charge in [0, 0.05) is 38.4 Å². The van der Waals surface area contributed by atoms with Gasteiger partial charge in [-0.2, -0.15) is 4.98 Å². The Hall–Kier alpha value is -2.32. The molecule has 4 heterocycles. The van der Waals surface area contributed by atoms with Gasteiger partial charge in [0.05, 0.1) is 12.5 Å². The Kier molecular flexibility index (Phi) is 6.51. The lowest BCUT2D eigenvalue weighted by Gasteiger charge is -2.42. The van der Waals surface area contributed by atoms with Gasteiger partial charge < -0.3 is 9.84 Å². The van der Waals surface area contributed by atoms with E-state index in [1.807, 2.05) is 18.5 Å². The predicted molar refractivity (Wildman–Crippen MR) is 108 cm³/mol. The normalized spacial score (nSPS) is 21.9. The topological polar surface area (TPSA) is 87.4 Å². The molecule has 0 aromatic carbocycles. The summed E-state index contributed by atoms with van der Waals surface area (Å²) in [7, 11) is 0. The van der Waals surface area contributed by atoms with E-state index in [1.54, 1.807) is 6.92 Å². The van der Waals surface area contributed by atoms with E-state index in [9.17, 15) is 4.79 Å². The van der Waals surface area contributed by atoms with E-state index in [0.29, 0.717) is 24.3 Å². The summed E-state index contributed by atoms with van der Waals surface area (Å²) in [5.74, 6) is 1.20. The number of carbonyl (C=O) groups excluding carboxylic acids is 1. The highest BCUT2D eigenvalue weighted by Crippen LogP contribution is 2.24. The van der Waals surface area contributed by atoms with Crippen LogP contribution in [0.1, 0.15) is 43.0 Å². The van der Waals surface area contributed by atoms with Crippen molar-refractivity contribution in [1.29, 1.82) is 0 Å². The van der Waals surface area contributed by atoms with Crippen molar-refractivity contribution in [3.8, 4) is 0 Å². The summed E-state index contributed by atoms with van der Waals surface area (Å²) >= 11 is 0. The van der Waals surface area contributed by atoms with Gasteiger partial charge in [-0.3, -0.25) is 19.6 Å². The van der Waals surface area contributed by atoms with Crippen molar-refractivity contribution in [3.63, 3.8) is 0 Å². The molecule has 2 aliphatic heterocycles. The van der Waals surface area contributed by atoms with Crippen LogP contribution in [0.3, 0.4) is 0 Å². The zero-order valence-electron chi connectivity index (χ0n) is 17.1. The van der Waals surface area contributed by atoms with Gasteiger partial charge in [0.1, 0.15) is 0 Å². The third-order valence-electron chi connectivity index (χ3n) is 6.02. The molecule has 0 unspecified atom stereocenters. The Balaban J connectivity index is 1.23. The Bertz CT molecular complexity index is 787. The van der Waals surface area contributed by atoms with Crippen LogP contribution in [-0.2, 0) is 17.9 Å². The van der Waals surface area contributed by atoms with E-state index in [1.165, 1.54) is 5.56 Å². The number of nitrogens with one attached hydrogen (secondary N) is 1. The molecule has 0 bridgehead atoms. The average molecular weight is 399 g/mol. The Morgan fingerprint density at radius 3 is 2.86 bits per heavy atom. The molecule has 1 atom stereocenters. The first-order chi connectivity index (χ1) is 14.2. The first kappa shape index (κ1) is 20.0. The van der Waals surface area contributed by atoms with Gasteiger partial charge in [-0.15, -0.1) is 0 Å². The van der Waals surface area contributed by atoms with E-state index in [0.717, 1.165) is 58.4 Å². The van der Waals surface area contributed by atoms with E-state index in [-0.39, 0.29) is 11.8 Å². The molecule has 1 N–H and O–H groups in total. The zero-order valence-corrected chi connectivity index (χ0v) is 17.1. The van der Waals surface area contributed by atoms with Crippen LogP contribution in [0.15, 0.2) is 29.0 Å². The number of aryl methyl sites for hydroxylation is 1. The molecule has 8 nitrogen and oxygen atoms in total. The van der Waals surface area contributed by atoms with Crippen LogP contribution in [0.4, 0.5) is 0 Å². The third kappa shape index (κ3) is 5.39. The fourth-order valence-corrected chi connectivity index (χ4v) is 4.47. The molecule has 156 valence electrons. The molecular weight excluding hydrogens is 368 g/mol. The van der Waals surface area contributed by atoms with Gasteiger partial charge in [-0.25, -0.2) is 0 Å². The number of aromatic nitrogens is 3. The van der Waals surface area contributed by atoms with Gasteiger partial charge in [0.2, 0.25) is 11.8 Å².